The maximum absolute atomic E-state index is 11.7. The van der Waals surface area contributed by atoms with Crippen LogP contribution in [-0.4, -0.2) is 16.7 Å². The molecule has 0 saturated carbocycles. The Morgan fingerprint density at radius 1 is 0.833 bits per heavy atom. The number of allylic oxidation sites excluding steroid dienone is 2. The van der Waals surface area contributed by atoms with Crippen LogP contribution in [0.25, 0.3) is 10.8 Å². The zero-order valence-electron chi connectivity index (χ0n) is 9.51. The van der Waals surface area contributed by atoms with Crippen molar-refractivity contribution in [3.8, 4) is 0 Å². The summed E-state index contributed by atoms with van der Waals surface area (Å²) in [7, 11) is 0. The number of carbonyl (C=O) groups excluding carboxylic acids is 2. The van der Waals surface area contributed by atoms with Gasteiger partial charge in [0.25, 0.3) is 0 Å². The van der Waals surface area contributed by atoms with E-state index in [-0.39, 0.29) is 18.2 Å². The Morgan fingerprint density at radius 3 is 2.06 bits per heavy atom. The Hall–Kier alpha value is -2.26. The van der Waals surface area contributed by atoms with Crippen LogP contribution in [-0.2, 0) is 6.61 Å². The van der Waals surface area contributed by atoms with E-state index in [4.69, 9.17) is 5.11 Å². The van der Waals surface area contributed by atoms with E-state index in [0.29, 0.717) is 11.1 Å². The fourth-order valence-corrected chi connectivity index (χ4v) is 2.18. The summed E-state index contributed by atoms with van der Waals surface area (Å²) >= 11 is 0. The van der Waals surface area contributed by atoms with Gasteiger partial charge in [0.05, 0.1) is 6.61 Å². The molecule has 0 fully saturated rings. The van der Waals surface area contributed by atoms with Gasteiger partial charge in [0.15, 0.2) is 11.6 Å². The molecule has 0 saturated heterocycles. The maximum atomic E-state index is 11.7. The number of ketones is 2. The number of carbonyl (C=O) groups is 2. The minimum absolute atomic E-state index is 0.0419. The lowest BCUT2D eigenvalue weighted by molar-refractivity contribution is 0.0994. The summed E-state index contributed by atoms with van der Waals surface area (Å²) in [6.07, 6.45) is 2.60. The van der Waals surface area contributed by atoms with Crippen molar-refractivity contribution < 1.29 is 14.7 Å². The highest BCUT2D eigenvalue weighted by Gasteiger charge is 2.19. The lowest BCUT2D eigenvalue weighted by Crippen LogP contribution is -2.11. The van der Waals surface area contributed by atoms with Crippen LogP contribution in [0.2, 0.25) is 0 Å². The fourth-order valence-electron chi connectivity index (χ4n) is 2.18. The minimum Gasteiger partial charge on any atom is -0.392 e. The summed E-state index contributed by atoms with van der Waals surface area (Å²) in [5, 5.41) is 10.8. The molecule has 0 unspecified atom stereocenters. The van der Waals surface area contributed by atoms with E-state index < -0.39 is 0 Å². The van der Waals surface area contributed by atoms with Crippen LogP contribution in [0.1, 0.15) is 26.3 Å². The number of benzene rings is 2. The Kier molecular flexibility index (Phi) is 2.35. The first kappa shape index (κ1) is 10.9. The lowest BCUT2D eigenvalue weighted by Gasteiger charge is -2.11. The minimum atomic E-state index is -0.152. The van der Waals surface area contributed by atoms with Crippen molar-refractivity contribution in [2.45, 2.75) is 6.61 Å². The van der Waals surface area contributed by atoms with Crippen molar-refractivity contribution in [2.24, 2.45) is 0 Å². The van der Waals surface area contributed by atoms with Gasteiger partial charge in [-0.3, -0.25) is 9.59 Å². The van der Waals surface area contributed by atoms with Gasteiger partial charge in [-0.15, -0.1) is 0 Å². The molecule has 1 N–H and O–H groups in total. The molecular weight excluding hydrogens is 228 g/mol. The zero-order valence-corrected chi connectivity index (χ0v) is 9.51. The molecule has 0 spiro atoms. The van der Waals surface area contributed by atoms with Crippen LogP contribution in [0, 0.1) is 0 Å². The number of fused-ring (bicyclic) bond motifs is 2. The summed E-state index contributed by atoms with van der Waals surface area (Å²) in [6.45, 7) is -0.0419. The molecule has 2 aromatic carbocycles. The molecular formula is C15H10O3. The van der Waals surface area contributed by atoms with E-state index in [1.54, 1.807) is 18.2 Å². The molecule has 0 atom stereocenters. The molecule has 1 aliphatic carbocycles. The Bertz CT molecular complexity index is 711. The summed E-state index contributed by atoms with van der Waals surface area (Å²) in [5.41, 5.74) is 1.67. The summed E-state index contributed by atoms with van der Waals surface area (Å²) in [5.74, 6) is -0.293. The van der Waals surface area contributed by atoms with E-state index in [2.05, 4.69) is 0 Å². The third-order valence-corrected chi connectivity index (χ3v) is 3.14. The van der Waals surface area contributed by atoms with E-state index in [1.807, 2.05) is 12.1 Å². The molecule has 3 rings (SSSR count). The van der Waals surface area contributed by atoms with Crippen molar-refractivity contribution in [1.29, 1.82) is 0 Å². The van der Waals surface area contributed by atoms with Gasteiger partial charge in [-0.05, 0) is 46.7 Å². The Balaban J connectivity index is 2.31. The van der Waals surface area contributed by atoms with E-state index in [0.717, 1.165) is 16.3 Å². The van der Waals surface area contributed by atoms with Crippen molar-refractivity contribution >= 4 is 22.3 Å². The van der Waals surface area contributed by atoms with Gasteiger partial charge in [0, 0.05) is 11.1 Å². The smallest absolute Gasteiger partial charge is 0.186 e. The standard InChI is InChI=1S/C15H10O3/c16-8-9-1-2-10-6-12-13(7-11(10)5-9)15(18)4-3-14(12)17/h1-7,16H,8H2. The molecule has 0 bridgehead atoms. The lowest BCUT2D eigenvalue weighted by atomic mass is 9.91. The average molecular weight is 238 g/mol. The molecule has 0 heterocycles. The van der Waals surface area contributed by atoms with Gasteiger partial charge >= 0.3 is 0 Å². The molecule has 0 aliphatic heterocycles. The van der Waals surface area contributed by atoms with Crippen LogP contribution >= 0.6 is 0 Å². The van der Waals surface area contributed by atoms with Crippen LogP contribution in [0.5, 0.6) is 0 Å². The van der Waals surface area contributed by atoms with Crippen LogP contribution < -0.4 is 0 Å². The van der Waals surface area contributed by atoms with Crippen LogP contribution in [0.4, 0.5) is 0 Å². The highest BCUT2D eigenvalue weighted by Crippen LogP contribution is 2.25. The van der Waals surface area contributed by atoms with Crippen molar-refractivity contribution in [3.63, 3.8) is 0 Å². The van der Waals surface area contributed by atoms with Crippen molar-refractivity contribution in [1.82, 2.24) is 0 Å². The predicted octanol–water partition coefficient (Wildman–Crippen LogP) is 2.27. The first-order valence-corrected chi connectivity index (χ1v) is 5.63. The molecule has 0 radical (unpaired) electrons. The molecule has 2 aromatic rings. The molecule has 3 nitrogen and oxygen atoms in total. The second-order valence-corrected chi connectivity index (χ2v) is 4.30. The van der Waals surface area contributed by atoms with Crippen molar-refractivity contribution in [2.75, 3.05) is 0 Å². The summed E-state index contributed by atoms with van der Waals surface area (Å²) in [6, 6.07) is 8.92. The molecule has 18 heavy (non-hydrogen) atoms. The second-order valence-electron chi connectivity index (χ2n) is 4.30. The maximum Gasteiger partial charge on any atom is 0.186 e. The van der Waals surface area contributed by atoms with Gasteiger partial charge in [-0.25, -0.2) is 0 Å². The third-order valence-electron chi connectivity index (χ3n) is 3.14. The number of aliphatic hydroxyl groups is 1. The molecule has 0 amide bonds. The quantitative estimate of drug-likeness (QED) is 0.829. The van der Waals surface area contributed by atoms with Crippen LogP contribution in [0.3, 0.4) is 0 Å². The first-order valence-electron chi connectivity index (χ1n) is 5.63. The molecule has 88 valence electrons. The zero-order chi connectivity index (χ0) is 12.7. The predicted molar refractivity (Wildman–Crippen MR) is 67.7 cm³/mol. The monoisotopic (exact) mass is 238 g/mol. The Morgan fingerprint density at radius 2 is 1.44 bits per heavy atom. The summed E-state index contributed by atoms with van der Waals surface area (Å²) in [4.78, 5) is 23.5. The molecule has 3 heteroatoms. The SMILES string of the molecule is O=C1C=CC(=O)c2cc3cc(CO)ccc3cc21. The fraction of sp³-hybridized carbons (Fsp3) is 0.0667. The van der Waals surface area contributed by atoms with E-state index in [9.17, 15) is 9.59 Å². The number of aliphatic hydroxyl groups excluding tert-OH is 1. The highest BCUT2D eigenvalue weighted by molar-refractivity contribution is 6.23. The van der Waals surface area contributed by atoms with E-state index in [1.165, 1.54) is 12.2 Å². The first-order chi connectivity index (χ1) is 8.69. The largest absolute Gasteiger partial charge is 0.392 e. The third kappa shape index (κ3) is 1.57. The van der Waals surface area contributed by atoms with Crippen LogP contribution in [0.15, 0.2) is 42.5 Å². The average Bonchev–Trinajstić information content (AvgIpc) is 2.41. The van der Waals surface area contributed by atoms with Gasteiger partial charge in [-0.2, -0.15) is 0 Å². The number of hydrogen-bond acceptors (Lipinski definition) is 3. The summed E-state index contributed by atoms with van der Waals surface area (Å²) < 4.78 is 0. The van der Waals surface area contributed by atoms with Gasteiger partial charge in [-0.1, -0.05) is 12.1 Å². The number of rotatable bonds is 1. The second kappa shape index (κ2) is 3.89. The Labute approximate surface area is 103 Å². The van der Waals surface area contributed by atoms with E-state index >= 15 is 0 Å². The molecule has 0 aromatic heterocycles. The van der Waals surface area contributed by atoms with Gasteiger partial charge < -0.3 is 5.11 Å². The topological polar surface area (TPSA) is 54.4 Å². The highest BCUT2D eigenvalue weighted by atomic mass is 16.3. The van der Waals surface area contributed by atoms with Gasteiger partial charge in [0.2, 0.25) is 0 Å². The molecule has 1 aliphatic rings. The number of hydrogen-bond donors (Lipinski definition) is 1. The van der Waals surface area contributed by atoms with Crippen molar-refractivity contribution in [3.05, 3.63) is 59.2 Å². The van der Waals surface area contributed by atoms with Gasteiger partial charge in [0.1, 0.15) is 0 Å². The normalized spacial score (nSPS) is 14.1.